The van der Waals surface area contributed by atoms with E-state index in [-0.39, 0.29) is 6.54 Å². The van der Waals surface area contributed by atoms with Crippen LogP contribution in [0.4, 0.5) is 4.79 Å². The van der Waals surface area contributed by atoms with Crippen LogP contribution in [-0.2, 0) is 11.3 Å². The molecule has 1 heterocycles. The fraction of sp³-hybridized carbons (Fsp3) is 0.667. The van der Waals surface area contributed by atoms with Crippen LogP contribution in [0.25, 0.3) is 0 Å². The highest BCUT2D eigenvalue weighted by molar-refractivity contribution is 9.11. The molecule has 0 spiro atoms. The zero-order chi connectivity index (χ0) is 16.8. The maximum absolute atomic E-state index is 12.1. The lowest BCUT2D eigenvalue weighted by atomic mass is 10.2. The van der Waals surface area contributed by atoms with Gasteiger partial charge in [-0.2, -0.15) is 0 Å². The highest BCUT2D eigenvalue weighted by Crippen LogP contribution is 2.21. The number of nitrogens with one attached hydrogen (secondary N) is 1. The molecule has 0 bridgehead atoms. The lowest BCUT2D eigenvalue weighted by molar-refractivity contribution is 0.0164. The standard InChI is InChI=1S/C15H25BrN2O3S/c1-11(19)10-18(14(20)21-15(2,3)4)8-7-17-9-12-5-6-13(16)22-12/h5-6,11,17,19H,7-10H2,1-4H3. The molecule has 1 amide bonds. The zero-order valence-corrected chi connectivity index (χ0v) is 16.0. The Morgan fingerprint density at radius 1 is 1.50 bits per heavy atom. The molecule has 0 radical (unpaired) electrons. The van der Waals surface area contributed by atoms with Crippen LogP contribution in [0, 0.1) is 0 Å². The van der Waals surface area contributed by atoms with E-state index in [2.05, 4.69) is 27.3 Å². The Labute approximate surface area is 144 Å². The van der Waals surface area contributed by atoms with Crippen molar-refractivity contribution >= 4 is 33.4 Å². The van der Waals surface area contributed by atoms with E-state index in [1.165, 1.54) is 9.78 Å². The van der Waals surface area contributed by atoms with E-state index >= 15 is 0 Å². The lowest BCUT2D eigenvalue weighted by Crippen LogP contribution is -2.43. The van der Waals surface area contributed by atoms with Crippen LogP contribution in [0.3, 0.4) is 0 Å². The average molecular weight is 393 g/mol. The van der Waals surface area contributed by atoms with Crippen molar-refractivity contribution in [3.05, 3.63) is 20.8 Å². The van der Waals surface area contributed by atoms with Gasteiger partial charge < -0.3 is 20.1 Å². The smallest absolute Gasteiger partial charge is 0.410 e. The molecule has 0 aliphatic rings. The van der Waals surface area contributed by atoms with Crippen LogP contribution >= 0.6 is 27.3 Å². The van der Waals surface area contributed by atoms with E-state index in [1.54, 1.807) is 18.3 Å². The summed E-state index contributed by atoms with van der Waals surface area (Å²) in [5.41, 5.74) is -0.537. The maximum atomic E-state index is 12.1. The first-order valence-electron chi connectivity index (χ1n) is 7.28. The summed E-state index contributed by atoms with van der Waals surface area (Å²) in [7, 11) is 0. The van der Waals surface area contributed by atoms with Gasteiger partial charge in [-0.05, 0) is 55.8 Å². The Hall–Kier alpha value is -0.630. The van der Waals surface area contributed by atoms with Crippen LogP contribution in [0.5, 0.6) is 0 Å². The van der Waals surface area contributed by atoms with Crippen molar-refractivity contribution < 1.29 is 14.6 Å². The number of thiophene rings is 1. The summed E-state index contributed by atoms with van der Waals surface area (Å²) in [5.74, 6) is 0. The Balaban J connectivity index is 2.42. The summed E-state index contributed by atoms with van der Waals surface area (Å²) in [4.78, 5) is 14.9. The van der Waals surface area contributed by atoms with Crippen molar-refractivity contribution in [3.8, 4) is 0 Å². The number of ether oxygens (including phenoxy) is 1. The predicted octanol–water partition coefficient (Wildman–Crippen LogP) is 3.22. The minimum atomic E-state index is -0.583. The summed E-state index contributed by atoms with van der Waals surface area (Å²) in [6.07, 6.45) is -0.977. The van der Waals surface area contributed by atoms with Gasteiger partial charge in [0.15, 0.2) is 0 Å². The molecule has 5 nitrogen and oxygen atoms in total. The van der Waals surface area contributed by atoms with Gasteiger partial charge in [0.2, 0.25) is 0 Å². The first-order valence-corrected chi connectivity index (χ1v) is 8.89. The Bertz CT molecular complexity index is 472. The van der Waals surface area contributed by atoms with Crippen LogP contribution in [0.1, 0.15) is 32.6 Å². The normalized spacial score (nSPS) is 13.0. The molecule has 2 N–H and O–H groups in total. The largest absolute Gasteiger partial charge is 0.444 e. The van der Waals surface area contributed by atoms with E-state index in [0.717, 1.165) is 10.3 Å². The monoisotopic (exact) mass is 392 g/mol. The van der Waals surface area contributed by atoms with Gasteiger partial charge in [0.1, 0.15) is 5.60 Å². The number of hydrogen-bond donors (Lipinski definition) is 2. The van der Waals surface area contributed by atoms with E-state index in [4.69, 9.17) is 4.74 Å². The Morgan fingerprint density at radius 2 is 2.18 bits per heavy atom. The van der Waals surface area contributed by atoms with Gasteiger partial charge >= 0.3 is 6.09 Å². The second-order valence-electron chi connectivity index (χ2n) is 6.16. The SMILES string of the molecule is CC(O)CN(CCNCc1ccc(Br)s1)C(=O)OC(C)(C)C. The second-order valence-corrected chi connectivity index (χ2v) is 8.71. The average Bonchev–Trinajstić information content (AvgIpc) is 2.76. The molecule has 126 valence electrons. The van der Waals surface area contributed by atoms with E-state index in [0.29, 0.717) is 13.1 Å². The van der Waals surface area contributed by atoms with Crippen molar-refractivity contribution in [2.24, 2.45) is 0 Å². The Morgan fingerprint density at radius 3 is 2.68 bits per heavy atom. The number of rotatable bonds is 7. The molecule has 0 fully saturated rings. The number of aliphatic hydroxyl groups is 1. The number of halogens is 1. The third-order valence-corrected chi connectivity index (χ3v) is 4.25. The van der Waals surface area contributed by atoms with Crippen LogP contribution in [0.2, 0.25) is 0 Å². The van der Waals surface area contributed by atoms with E-state index in [9.17, 15) is 9.90 Å². The molecular weight excluding hydrogens is 368 g/mol. The summed E-state index contributed by atoms with van der Waals surface area (Å²) in [5, 5.41) is 12.8. The van der Waals surface area contributed by atoms with E-state index in [1.807, 2.05) is 26.8 Å². The molecule has 7 heteroatoms. The number of carbonyl (C=O) groups is 1. The van der Waals surface area contributed by atoms with Gasteiger partial charge in [-0.25, -0.2) is 4.79 Å². The van der Waals surface area contributed by atoms with Crippen LogP contribution in [-0.4, -0.2) is 47.4 Å². The number of aliphatic hydroxyl groups excluding tert-OH is 1. The highest BCUT2D eigenvalue weighted by atomic mass is 79.9. The number of hydrogen-bond acceptors (Lipinski definition) is 5. The molecule has 0 saturated heterocycles. The summed E-state index contributed by atoms with van der Waals surface area (Å²) in [6.45, 7) is 9.31. The van der Waals surface area contributed by atoms with Gasteiger partial charge in [-0.15, -0.1) is 11.3 Å². The molecule has 1 atom stereocenters. The minimum absolute atomic E-state index is 0.265. The van der Waals surface area contributed by atoms with E-state index < -0.39 is 17.8 Å². The van der Waals surface area contributed by atoms with Crippen molar-refractivity contribution in [1.29, 1.82) is 0 Å². The third-order valence-electron chi connectivity index (χ3n) is 2.62. The summed E-state index contributed by atoms with van der Waals surface area (Å²) in [6, 6.07) is 4.07. The van der Waals surface area contributed by atoms with Crippen LogP contribution in [0.15, 0.2) is 15.9 Å². The lowest BCUT2D eigenvalue weighted by Gasteiger charge is -2.28. The number of nitrogens with zero attached hydrogens (tertiary/aromatic N) is 1. The fourth-order valence-corrected chi connectivity index (χ4v) is 3.23. The van der Waals surface area contributed by atoms with Crippen molar-refractivity contribution in [2.75, 3.05) is 19.6 Å². The van der Waals surface area contributed by atoms with Gasteiger partial charge in [0, 0.05) is 31.1 Å². The van der Waals surface area contributed by atoms with Crippen molar-refractivity contribution in [3.63, 3.8) is 0 Å². The fourth-order valence-electron chi connectivity index (χ4n) is 1.77. The number of amides is 1. The number of carbonyl (C=O) groups excluding carboxylic acids is 1. The molecule has 1 rings (SSSR count). The summed E-state index contributed by atoms with van der Waals surface area (Å²) < 4.78 is 6.47. The van der Waals surface area contributed by atoms with Crippen LogP contribution < -0.4 is 5.32 Å². The van der Waals surface area contributed by atoms with Crippen molar-refractivity contribution in [1.82, 2.24) is 10.2 Å². The molecule has 0 saturated carbocycles. The van der Waals surface area contributed by atoms with Gasteiger partial charge in [0.25, 0.3) is 0 Å². The molecule has 0 aliphatic carbocycles. The quantitative estimate of drug-likeness (QED) is 0.699. The third kappa shape index (κ3) is 8.12. The molecule has 1 unspecified atom stereocenters. The summed E-state index contributed by atoms with van der Waals surface area (Å²) >= 11 is 5.11. The van der Waals surface area contributed by atoms with Crippen molar-refractivity contribution in [2.45, 2.75) is 45.9 Å². The van der Waals surface area contributed by atoms with Gasteiger partial charge in [0.05, 0.1) is 9.89 Å². The minimum Gasteiger partial charge on any atom is -0.444 e. The zero-order valence-electron chi connectivity index (χ0n) is 13.6. The topological polar surface area (TPSA) is 61.8 Å². The second kappa shape index (κ2) is 8.86. The van der Waals surface area contributed by atoms with Gasteiger partial charge in [-0.3, -0.25) is 0 Å². The molecular formula is C15H25BrN2O3S. The molecule has 1 aromatic heterocycles. The molecule has 0 aromatic carbocycles. The predicted molar refractivity (Wildman–Crippen MR) is 93.2 cm³/mol. The molecule has 1 aromatic rings. The maximum Gasteiger partial charge on any atom is 0.410 e. The van der Waals surface area contributed by atoms with Gasteiger partial charge in [-0.1, -0.05) is 0 Å². The molecule has 22 heavy (non-hydrogen) atoms. The highest BCUT2D eigenvalue weighted by Gasteiger charge is 2.22. The Kier molecular flexibility index (Phi) is 7.82. The molecule has 0 aliphatic heterocycles. The first kappa shape index (κ1) is 19.4. The first-order chi connectivity index (χ1) is 10.2.